The van der Waals surface area contributed by atoms with Crippen molar-refractivity contribution in [1.82, 2.24) is 5.32 Å². The van der Waals surface area contributed by atoms with E-state index in [0.717, 1.165) is 36.7 Å². The van der Waals surface area contributed by atoms with Crippen LogP contribution in [0, 0.1) is 5.92 Å². The summed E-state index contributed by atoms with van der Waals surface area (Å²) in [4.78, 5) is 11.1. The monoisotopic (exact) mass is 310 g/mol. The summed E-state index contributed by atoms with van der Waals surface area (Å²) >= 11 is 3.55. The Labute approximate surface area is 116 Å². The number of hydrogen-bond donors (Lipinski definition) is 2. The molecule has 0 saturated heterocycles. The molecule has 0 heterocycles. The molecule has 18 heavy (non-hydrogen) atoms. The van der Waals surface area contributed by atoms with Crippen LogP contribution >= 0.6 is 15.9 Å². The first-order valence-electron chi connectivity index (χ1n) is 6.43. The summed E-state index contributed by atoms with van der Waals surface area (Å²) in [5, 5.41) is 3.56. The average molecular weight is 311 g/mol. The first kappa shape index (κ1) is 13.6. The van der Waals surface area contributed by atoms with Crippen LogP contribution in [0.3, 0.4) is 0 Å². The lowest BCUT2D eigenvalue weighted by molar-refractivity contribution is -0.122. The van der Waals surface area contributed by atoms with Gasteiger partial charge in [0.2, 0.25) is 5.91 Å². The summed E-state index contributed by atoms with van der Waals surface area (Å²) in [6.07, 6.45) is 3.92. The fraction of sp³-hybridized carbons (Fsp3) is 0.500. The highest BCUT2D eigenvalue weighted by Crippen LogP contribution is 2.24. The van der Waals surface area contributed by atoms with Gasteiger partial charge < -0.3 is 11.1 Å². The third-order valence-corrected chi connectivity index (χ3v) is 4.44. The topological polar surface area (TPSA) is 55.1 Å². The minimum atomic E-state index is -0.140. The Balaban J connectivity index is 1.79. The lowest BCUT2D eigenvalue weighted by atomic mass is 9.85. The number of carbonyl (C=O) groups excluding carboxylic acids is 1. The van der Waals surface area contributed by atoms with Crippen LogP contribution in [0.4, 0.5) is 0 Å². The number of primary amides is 1. The van der Waals surface area contributed by atoms with Crippen molar-refractivity contribution in [1.29, 1.82) is 0 Å². The van der Waals surface area contributed by atoms with Gasteiger partial charge in [0.25, 0.3) is 0 Å². The third-order valence-electron chi connectivity index (χ3n) is 3.67. The molecule has 1 aliphatic carbocycles. The summed E-state index contributed by atoms with van der Waals surface area (Å²) in [6.45, 7) is 0.868. The van der Waals surface area contributed by atoms with Crippen molar-refractivity contribution in [3.05, 3.63) is 34.3 Å². The van der Waals surface area contributed by atoms with E-state index >= 15 is 0 Å². The van der Waals surface area contributed by atoms with Crippen LogP contribution in [-0.4, -0.2) is 11.9 Å². The molecular formula is C14H19BrN2O. The average Bonchev–Trinajstić information content (AvgIpc) is 2.38. The Kier molecular flexibility index (Phi) is 4.78. The molecule has 0 bridgehead atoms. The van der Waals surface area contributed by atoms with Gasteiger partial charge in [-0.3, -0.25) is 4.79 Å². The second kappa shape index (κ2) is 6.34. The van der Waals surface area contributed by atoms with Crippen LogP contribution in [-0.2, 0) is 11.3 Å². The normalized spacial score (nSPS) is 23.8. The molecular weight excluding hydrogens is 292 g/mol. The smallest absolute Gasteiger partial charge is 0.220 e. The van der Waals surface area contributed by atoms with Crippen molar-refractivity contribution < 1.29 is 4.79 Å². The van der Waals surface area contributed by atoms with Gasteiger partial charge >= 0.3 is 0 Å². The van der Waals surface area contributed by atoms with Gasteiger partial charge in [0, 0.05) is 23.0 Å². The number of carbonyl (C=O) groups is 1. The number of nitrogens with two attached hydrogens (primary N) is 1. The molecule has 1 amide bonds. The van der Waals surface area contributed by atoms with Gasteiger partial charge in [-0.05, 0) is 37.3 Å². The van der Waals surface area contributed by atoms with Gasteiger partial charge in [0.15, 0.2) is 0 Å². The zero-order valence-electron chi connectivity index (χ0n) is 10.4. The van der Waals surface area contributed by atoms with E-state index in [2.05, 4.69) is 33.4 Å². The minimum Gasteiger partial charge on any atom is -0.369 e. The Bertz CT molecular complexity index is 414. The van der Waals surface area contributed by atoms with Crippen molar-refractivity contribution in [3.63, 3.8) is 0 Å². The zero-order valence-corrected chi connectivity index (χ0v) is 11.9. The van der Waals surface area contributed by atoms with E-state index in [1.165, 1.54) is 5.56 Å². The standard InChI is InChI=1S/C14H19BrN2O/c15-13-4-2-1-3-11(13)9-17-12-7-5-10(6-8-12)14(16)18/h1-4,10,12,17H,5-9H2,(H2,16,18). The van der Waals surface area contributed by atoms with Crippen molar-refractivity contribution in [2.75, 3.05) is 0 Å². The second-order valence-corrected chi connectivity index (χ2v) is 5.78. The van der Waals surface area contributed by atoms with Gasteiger partial charge in [-0.1, -0.05) is 34.1 Å². The van der Waals surface area contributed by atoms with Crippen LogP contribution < -0.4 is 11.1 Å². The third kappa shape index (κ3) is 3.56. The van der Waals surface area contributed by atoms with E-state index in [1.807, 2.05) is 12.1 Å². The number of amides is 1. The van der Waals surface area contributed by atoms with E-state index in [9.17, 15) is 4.79 Å². The molecule has 98 valence electrons. The highest BCUT2D eigenvalue weighted by Gasteiger charge is 2.24. The van der Waals surface area contributed by atoms with Crippen molar-refractivity contribution >= 4 is 21.8 Å². The predicted molar refractivity (Wildman–Crippen MR) is 75.9 cm³/mol. The molecule has 4 heteroatoms. The van der Waals surface area contributed by atoms with Gasteiger partial charge in [-0.25, -0.2) is 0 Å². The molecule has 0 unspecified atom stereocenters. The summed E-state index contributed by atoms with van der Waals surface area (Å²) in [6, 6.07) is 8.75. The maximum Gasteiger partial charge on any atom is 0.220 e. The second-order valence-electron chi connectivity index (χ2n) is 4.92. The van der Waals surface area contributed by atoms with E-state index in [0.29, 0.717) is 6.04 Å². The first-order chi connectivity index (χ1) is 8.66. The van der Waals surface area contributed by atoms with E-state index in [-0.39, 0.29) is 11.8 Å². The molecule has 0 aromatic heterocycles. The molecule has 0 atom stereocenters. The number of hydrogen-bond acceptors (Lipinski definition) is 2. The Morgan fingerprint density at radius 2 is 1.94 bits per heavy atom. The van der Waals surface area contributed by atoms with Gasteiger partial charge in [-0.15, -0.1) is 0 Å². The minimum absolute atomic E-state index is 0.0894. The fourth-order valence-corrected chi connectivity index (χ4v) is 2.90. The maximum absolute atomic E-state index is 11.1. The fourth-order valence-electron chi connectivity index (χ4n) is 2.48. The Morgan fingerprint density at radius 1 is 1.28 bits per heavy atom. The SMILES string of the molecule is NC(=O)C1CCC(NCc2ccccc2Br)CC1. The highest BCUT2D eigenvalue weighted by atomic mass is 79.9. The van der Waals surface area contributed by atoms with Crippen LogP contribution in [0.1, 0.15) is 31.2 Å². The van der Waals surface area contributed by atoms with Crippen molar-refractivity contribution in [3.8, 4) is 0 Å². The Morgan fingerprint density at radius 3 is 2.56 bits per heavy atom. The highest BCUT2D eigenvalue weighted by molar-refractivity contribution is 9.10. The van der Waals surface area contributed by atoms with Gasteiger partial charge in [0.05, 0.1) is 0 Å². The van der Waals surface area contributed by atoms with E-state index < -0.39 is 0 Å². The number of halogens is 1. The molecule has 1 aliphatic rings. The quantitative estimate of drug-likeness (QED) is 0.898. The van der Waals surface area contributed by atoms with E-state index in [1.54, 1.807) is 0 Å². The first-order valence-corrected chi connectivity index (χ1v) is 7.22. The molecule has 3 N–H and O–H groups in total. The number of nitrogens with one attached hydrogen (secondary N) is 1. The largest absolute Gasteiger partial charge is 0.369 e. The molecule has 1 aromatic rings. The maximum atomic E-state index is 11.1. The zero-order chi connectivity index (χ0) is 13.0. The number of benzene rings is 1. The Hall–Kier alpha value is -0.870. The van der Waals surface area contributed by atoms with Crippen LogP contribution in [0.5, 0.6) is 0 Å². The molecule has 3 nitrogen and oxygen atoms in total. The van der Waals surface area contributed by atoms with Gasteiger partial charge in [0.1, 0.15) is 0 Å². The molecule has 1 fully saturated rings. The lowest BCUT2D eigenvalue weighted by Crippen LogP contribution is -2.36. The lowest BCUT2D eigenvalue weighted by Gasteiger charge is -2.27. The van der Waals surface area contributed by atoms with Crippen molar-refractivity contribution in [2.45, 2.75) is 38.3 Å². The van der Waals surface area contributed by atoms with Gasteiger partial charge in [-0.2, -0.15) is 0 Å². The summed E-state index contributed by atoms with van der Waals surface area (Å²) < 4.78 is 1.14. The van der Waals surface area contributed by atoms with Crippen molar-refractivity contribution in [2.24, 2.45) is 11.7 Å². The molecule has 1 aromatic carbocycles. The van der Waals surface area contributed by atoms with E-state index in [4.69, 9.17) is 5.73 Å². The van der Waals surface area contributed by atoms with Crippen LogP contribution in [0.25, 0.3) is 0 Å². The molecule has 0 spiro atoms. The molecule has 0 radical (unpaired) electrons. The summed E-state index contributed by atoms with van der Waals surface area (Å²) in [7, 11) is 0. The van der Waals surface area contributed by atoms with Crippen LogP contribution in [0.2, 0.25) is 0 Å². The predicted octanol–water partition coefficient (Wildman–Crippen LogP) is 2.58. The summed E-state index contributed by atoms with van der Waals surface area (Å²) in [5.74, 6) is -0.0502. The summed E-state index contributed by atoms with van der Waals surface area (Å²) in [5.41, 5.74) is 6.60. The molecule has 1 saturated carbocycles. The number of rotatable bonds is 4. The van der Waals surface area contributed by atoms with Crippen LogP contribution in [0.15, 0.2) is 28.7 Å². The molecule has 0 aliphatic heterocycles. The molecule has 2 rings (SSSR count).